The van der Waals surface area contributed by atoms with Crippen LogP contribution in [0.1, 0.15) is 356 Å². The topological polar surface area (TPSA) is 237 Å². The van der Waals surface area contributed by atoms with Crippen molar-refractivity contribution in [1.82, 2.24) is 0 Å². The number of ether oxygens (including phenoxy) is 4. The number of allylic oxidation sites excluding steroid dienone is 4. The Morgan fingerprint density at radius 2 is 0.587 bits per heavy atom. The summed E-state index contributed by atoms with van der Waals surface area (Å²) >= 11 is 0. The zero-order chi connectivity index (χ0) is 67.7. The van der Waals surface area contributed by atoms with E-state index in [1.54, 1.807) is 0 Å². The highest BCUT2D eigenvalue weighted by Crippen LogP contribution is 2.45. The van der Waals surface area contributed by atoms with Crippen LogP contribution < -0.4 is 0 Å². The highest BCUT2D eigenvalue weighted by molar-refractivity contribution is 7.47. The van der Waals surface area contributed by atoms with Crippen molar-refractivity contribution in [2.75, 3.05) is 39.6 Å². The maximum Gasteiger partial charge on any atom is 0.472 e. The smallest absolute Gasteiger partial charge is 0.462 e. The molecule has 17 nitrogen and oxygen atoms in total. The Bertz CT molecular complexity index is 1860. The van der Waals surface area contributed by atoms with E-state index in [1.165, 1.54) is 161 Å². The fourth-order valence-corrected chi connectivity index (χ4v) is 12.2. The number of esters is 4. The van der Waals surface area contributed by atoms with Crippen molar-refractivity contribution in [1.29, 1.82) is 0 Å². The summed E-state index contributed by atoms with van der Waals surface area (Å²) < 4.78 is 68.2. The quantitative estimate of drug-likeness (QED) is 0.0169. The van der Waals surface area contributed by atoms with Gasteiger partial charge in [-0.25, -0.2) is 9.13 Å². The molecule has 0 aromatic rings. The Balaban J connectivity index is 5.23. The van der Waals surface area contributed by atoms with E-state index >= 15 is 0 Å². The molecule has 0 aliphatic rings. The van der Waals surface area contributed by atoms with Gasteiger partial charge in [-0.05, 0) is 57.3 Å². The number of hydrogen-bond acceptors (Lipinski definition) is 15. The molecular formula is C73H138O17P2. The molecule has 0 aliphatic carbocycles. The van der Waals surface area contributed by atoms with Crippen LogP contribution in [-0.4, -0.2) is 96.7 Å². The predicted molar refractivity (Wildman–Crippen MR) is 372 cm³/mol. The molecule has 0 amide bonds. The number of hydrogen-bond donors (Lipinski definition) is 3. The molecule has 0 aliphatic heterocycles. The molecule has 0 bridgehead atoms. The highest BCUT2D eigenvalue weighted by atomic mass is 31.2. The van der Waals surface area contributed by atoms with Crippen LogP contribution in [0.3, 0.4) is 0 Å². The van der Waals surface area contributed by atoms with Crippen LogP contribution in [0.25, 0.3) is 0 Å². The molecule has 2 unspecified atom stereocenters. The molecule has 542 valence electrons. The van der Waals surface area contributed by atoms with Gasteiger partial charge in [-0.1, -0.05) is 303 Å². The number of carbonyl (C=O) groups excluding carboxylic acids is 4. The molecule has 0 heterocycles. The maximum absolute atomic E-state index is 13.0. The normalized spacial score (nSPS) is 14.2. The molecular weight excluding hydrogens is 1210 g/mol. The SMILES string of the molecule is CCCCCC/C=C\C=C/CCCCCCCC(=O)OC[C@H](COP(=O)(O)OC[C@@H](O)COP(=O)(O)OC[C@@H](COC(=O)CCCCCCCCCCC)OC(=O)CCCCCCCCC(C)C)OC(=O)CCCCCCCCCCCCCCCCCCCCC. The second-order valence-electron chi connectivity index (χ2n) is 26.1. The summed E-state index contributed by atoms with van der Waals surface area (Å²) in [6, 6.07) is 0. The Morgan fingerprint density at radius 1 is 0.337 bits per heavy atom. The van der Waals surface area contributed by atoms with E-state index in [0.717, 1.165) is 109 Å². The lowest BCUT2D eigenvalue weighted by atomic mass is 10.0. The van der Waals surface area contributed by atoms with E-state index in [2.05, 4.69) is 58.9 Å². The van der Waals surface area contributed by atoms with Crippen LogP contribution in [0.4, 0.5) is 0 Å². The van der Waals surface area contributed by atoms with Gasteiger partial charge >= 0.3 is 39.5 Å². The number of carbonyl (C=O) groups is 4. The van der Waals surface area contributed by atoms with Gasteiger partial charge in [0, 0.05) is 25.7 Å². The maximum atomic E-state index is 13.0. The third-order valence-electron chi connectivity index (χ3n) is 16.4. The van der Waals surface area contributed by atoms with Gasteiger partial charge < -0.3 is 33.8 Å². The standard InChI is InChI=1S/C73H138O17P2/c1-6-9-12-15-18-21-23-25-27-28-29-30-32-34-36-39-42-48-53-58-72(77)89-68(62-84-71(76)57-52-47-41-38-35-33-31-26-24-22-19-16-13-10-7-2)64-87-91(79,80)85-60-67(74)61-86-92(81,82)88-65-69(90-73(78)59-54-49-44-43-45-50-55-66(4)5)63-83-70(75)56-51-46-40-37-20-17-14-11-8-3/h22,24,26,31,66-69,74H,6-21,23,25,27-30,32-65H2,1-5H3,(H,79,80)(H,81,82)/b24-22-,31-26-/t67-,68-,69-/m1/s1. The van der Waals surface area contributed by atoms with Crippen molar-refractivity contribution in [3.05, 3.63) is 24.3 Å². The fourth-order valence-electron chi connectivity index (χ4n) is 10.6. The lowest BCUT2D eigenvalue weighted by Gasteiger charge is -2.21. The van der Waals surface area contributed by atoms with E-state index in [0.29, 0.717) is 31.6 Å². The molecule has 0 fully saturated rings. The van der Waals surface area contributed by atoms with Crippen LogP contribution >= 0.6 is 15.6 Å². The first-order chi connectivity index (χ1) is 44.5. The second-order valence-corrected chi connectivity index (χ2v) is 29.0. The second kappa shape index (κ2) is 65.8. The van der Waals surface area contributed by atoms with Crippen LogP contribution in [0, 0.1) is 5.92 Å². The highest BCUT2D eigenvalue weighted by Gasteiger charge is 2.30. The fraction of sp³-hybridized carbons (Fsp3) is 0.890. The Labute approximate surface area is 561 Å². The largest absolute Gasteiger partial charge is 0.472 e. The van der Waals surface area contributed by atoms with Gasteiger partial charge in [0.05, 0.1) is 26.4 Å². The molecule has 0 spiro atoms. The van der Waals surface area contributed by atoms with E-state index in [1.807, 2.05) is 0 Å². The van der Waals surface area contributed by atoms with Gasteiger partial charge in [0.15, 0.2) is 12.2 Å². The average Bonchev–Trinajstić information content (AvgIpc) is 3.54. The van der Waals surface area contributed by atoms with Crippen molar-refractivity contribution in [2.45, 2.75) is 374 Å². The number of phosphoric ester groups is 2. The monoisotopic (exact) mass is 1350 g/mol. The molecule has 0 saturated heterocycles. The third kappa shape index (κ3) is 66.2. The van der Waals surface area contributed by atoms with Crippen LogP contribution in [0.5, 0.6) is 0 Å². The van der Waals surface area contributed by atoms with E-state index < -0.39 is 97.5 Å². The minimum atomic E-state index is -4.96. The van der Waals surface area contributed by atoms with Gasteiger partial charge in [-0.3, -0.25) is 37.3 Å². The average molecular weight is 1350 g/mol. The van der Waals surface area contributed by atoms with Crippen molar-refractivity contribution >= 4 is 39.5 Å². The van der Waals surface area contributed by atoms with Crippen molar-refractivity contribution in [3.63, 3.8) is 0 Å². The number of unbranched alkanes of at least 4 members (excludes halogenated alkanes) is 40. The molecule has 92 heavy (non-hydrogen) atoms. The zero-order valence-corrected chi connectivity index (χ0v) is 61.0. The van der Waals surface area contributed by atoms with Gasteiger partial charge in [0.2, 0.25) is 0 Å². The molecule has 5 atom stereocenters. The van der Waals surface area contributed by atoms with Crippen LogP contribution in [0.2, 0.25) is 0 Å². The van der Waals surface area contributed by atoms with Gasteiger partial charge in [0.1, 0.15) is 19.3 Å². The Kier molecular flexibility index (Phi) is 64.0. The molecule has 0 saturated carbocycles. The van der Waals surface area contributed by atoms with Crippen LogP contribution in [0.15, 0.2) is 24.3 Å². The summed E-state index contributed by atoms with van der Waals surface area (Å²) in [5, 5.41) is 10.6. The Morgan fingerprint density at radius 3 is 0.891 bits per heavy atom. The van der Waals surface area contributed by atoms with Crippen molar-refractivity contribution in [3.8, 4) is 0 Å². The molecule has 0 radical (unpaired) electrons. The molecule has 3 N–H and O–H groups in total. The number of aliphatic hydroxyl groups is 1. The van der Waals surface area contributed by atoms with Crippen molar-refractivity contribution < 1.29 is 80.2 Å². The number of aliphatic hydroxyl groups excluding tert-OH is 1. The summed E-state index contributed by atoms with van der Waals surface area (Å²) in [6.45, 7) is 7.09. The first-order valence-corrected chi connectivity index (χ1v) is 40.4. The lowest BCUT2D eigenvalue weighted by Crippen LogP contribution is -2.30. The van der Waals surface area contributed by atoms with Crippen LogP contribution in [-0.2, 0) is 65.4 Å². The summed E-state index contributed by atoms with van der Waals surface area (Å²) in [6.07, 6.45) is 56.6. The van der Waals surface area contributed by atoms with E-state index in [4.69, 9.17) is 37.0 Å². The molecule has 0 aromatic carbocycles. The molecule has 19 heteroatoms. The van der Waals surface area contributed by atoms with Gasteiger partial charge in [-0.15, -0.1) is 0 Å². The van der Waals surface area contributed by atoms with E-state index in [-0.39, 0.29) is 25.7 Å². The molecule has 0 aromatic heterocycles. The van der Waals surface area contributed by atoms with Gasteiger partial charge in [0.25, 0.3) is 0 Å². The summed E-state index contributed by atoms with van der Waals surface area (Å²) in [5.74, 6) is -1.49. The number of phosphoric acid groups is 2. The molecule has 0 rings (SSSR count). The minimum absolute atomic E-state index is 0.100. The summed E-state index contributed by atoms with van der Waals surface area (Å²) in [4.78, 5) is 72.5. The zero-order valence-electron chi connectivity index (χ0n) is 59.2. The number of rotatable bonds is 71. The predicted octanol–water partition coefficient (Wildman–Crippen LogP) is 20.9. The van der Waals surface area contributed by atoms with Crippen molar-refractivity contribution in [2.24, 2.45) is 5.92 Å². The first-order valence-electron chi connectivity index (χ1n) is 37.5. The third-order valence-corrected chi connectivity index (χ3v) is 18.3. The Hall–Kier alpha value is -2.46. The van der Waals surface area contributed by atoms with E-state index in [9.17, 15) is 43.2 Å². The van der Waals surface area contributed by atoms with Gasteiger partial charge in [-0.2, -0.15) is 0 Å². The summed E-state index contributed by atoms with van der Waals surface area (Å²) in [5.41, 5.74) is 0. The first kappa shape index (κ1) is 89.5. The summed E-state index contributed by atoms with van der Waals surface area (Å²) in [7, 11) is -9.91. The lowest BCUT2D eigenvalue weighted by molar-refractivity contribution is -0.161. The minimum Gasteiger partial charge on any atom is -0.462 e.